The first-order valence-electron chi connectivity index (χ1n) is 8.38. The molecule has 1 amide bonds. The van der Waals surface area contributed by atoms with Crippen molar-refractivity contribution in [3.63, 3.8) is 0 Å². The van der Waals surface area contributed by atoms with Gasteiger partial charge in [-0.25, -0.2) is 4.79 Å². The van der Waals surface area contributed by atoms with Crippen molar-refractivity contribution in [1.29, 1.82) is 0 Å². The molecule has 0 aliphatic heterocycles. The Kier molecular flexibility index (Phi) is 6.16. The van der Waals surface area contributed by atoms with E-state index >= 15 is 0 Å². The fourth-order valence-corrected chi connectivity index (χ4v) is 4.22. The number of rotatable bonds is 5. The van der Waals surface area contributed by atoms with E-state index < -0.39 is 5.97 Å². The highest BCUT2D eigenvalue weighted by molar-refractivity contribution is 9.10. The Morgan fingerprint density at radius 1 is 1.04 bits per heavy atom. The third-order valence-corrected chi connectivity index (χ3v) is 5.73. The minimum absolute atomic E-state index is 0.343. The lowest BCUT2D eigenvalue weighted by molar-refractivity contribution is 0.0603. The highest BCUT2D eigenvalue weighted by Crippen LogP contribution is 2.41. The summed E-state index contributed by atoms with van der Waals surface area (Å²) < 4.78 is 11.2. The molecule has 1 heterocycles. The van der Waals surface area contributed by atoms with Crippen LogP contribution in [0.25, 0.3) is 11.1 Å². The summed E-state index contributed by atoms with van der Waals surface area (Å²) in [7, 11) is 2.83. The number of carbonyl (C=O) groups is 2. The van der Waals surface area contributed by atoms with Gasteiger partial charge < -0.3 is 14.8 Å². The number of para-hydroxylation sites is 1. The molecule has 0 saturated heterocycles. The van der Waals surface area contributed by atoms with Gasteiger partial charge in [0, 0.05) is 14.9 Å². The van der Waals surface area contributed by atoms with Crippen LogP contribution in [0, 0.1) is 6.92 Å². The number of benzene rings is 2. The van der Waals surface area contributed by atoms with Gasteiger partial charge in [-0.05, 0) is 36.8 Å². The Morgan fingerprint density at radius 2 is 1.71 bits per heavy atom. The zero-order chi connectivity index (χ0) is 20.3. The highest BCUT2D eigenvalue weighted by atomic mass is 79.9. The van der Waals surface area contributed by atoms with Crippen molar-refractivity contribution in [3.8, 4) is 16.9 Å². The maximum atomic E-state index is 12.8. The largest absolute Gasteiger partial charge is 0.496 e. The summed E-state index contributed by atoms with van der Waals surface area (Å²) in [5, 5.41) is 3.29. The van der Waals surface area contributed by atoms with E-state index in [0.717, 1.165) is 20.5 Å². The molecule has 0 fully saturated rings. The van der Waals surface area contributed by atoms with Crippen LogP contribution in [0.2, 0.25) is 0 Å². The summed E-state index contributed by atoms with van der Waals surface area (Å²) in [6.07, 6.45) is 0. The number of esters is 1. The average Bonchev–Trinajstić information content (AvgIpc) is 3.03. The van der Waals surface area contributed by atoms with Gasteiger partial charge in [0.05, 0.1) is 19.8 Å². The summed E-state index contributed by atoms with van der Waals surface area (Å²) in [4.78, 5) is 26.3. The minimum atomic E-state index is -0.502. The van der Waals surface area contributed by atoms with Crippen LogP contribution >= 0.6 is 27.3 Å². The third-order valence-electron chi connectivity index (χ3n) is 4.19. The van der Waals surface area contributed by atoms with Gasteiger partial charge in [0.15, 0.2) is 0 Å². The van der Waals surface area contributed by atoms with Gasteiger partial charge in [-0.3, -0.25) is 4.79 Å². The van der Waals surface area contributed by atoms with E-state index in [4.69, 9.17) is 9.47 Å². The number of carbonyl (C=O) groups excluding carboxylic acids is 2. The Morgan fingerprint density at radius 3 is 2.36 bits per heavy atom. The van der Waals surface area contributed by atoms with Crippen LogP contribution < -0.4 is 10.1 Å². The van der Waals surface area contributed by atoms with Gasteiger partial charge in [0.1, 0.15) is 16.3 Å². The molecular formula is C21H18BrNO4S. The molecule has 0 atom stereocenters. The maximum Gasteiger partial charge on any atom is 0.341 e. The molecule has 0 aliphatic rings. The van der Waals surface area contributed by atoms with Crippen LogP contribution in [0.3, 0.4) is 0 Å². The number of hydrogen-bond donors (Lipinski definition) is 1. The van der Waals surface area contributed by atoms with Crippen molar-refractivity contribution in [2.45, 2.75) is 6.92 Å². The van der Waals surface area contributed by atoms with E-state index in [1.165, 1.54) is 25.6 Å². The second kappa shape index (κ2) is 8.58. The molecule has 3 aromatic rings. The fraction of sp³-hybridized carbons (Fsp3) is 0.143. The lowest BCUT2D eigenvalue weighted by atomic mass is 10.0. The Hall–Kier alpha value is -2.64. The number of nitrogens with one attached hydrogen (secondary N) is 1. The summed E-state index contributed by atoms with van der Waals surface area (Å²) >= 11 is 4.75. The molecule has 0 saturated carbocycles. The number of thiophene rings is 1. The molecule has 3 rings (SSSR count). The predicted molar refractivity (Wildman–Crippen MR) is 114 cm³/mol. The van der Waals surface area contributed by atoms with Crippen LogP contribution in [0.5, 0.6) is 5.75 Å². The van der Waals surface area contributed by atoms with Crippen LogP contribution in [0.15, 0.2) is 53.0 Å². The Balaban J connectivity index is 2.06. The molecular weight excluding hydrogens is 442 g/mol. The van der Waals surface area contributed by atoms with E-state index in [9.17, 15) is 9.59 Å². The number of halogens is 1. The van der Waals surface area contributed by atoms with Crippen molar-refractivity contribution in [3.05, 3.63) is 69.0 Å². The van der Waals surface area contributed by atoms with Crippen LogP contribution in [0.1, 0.15) is 25.6 Å². The van der Waals surface area contributed by atoms with Gasteiger partial charge in [-0.2, -0.15) is 0 Å². The first kappa shape index (κ1) is 20.1. The SMILES string of the molecule is COC(=O)c1c(NC(=O)c2ccccc2OC)sc(C)c1-c1ccc(Br)cc1. The monoisotopic (exact) mass is 459 g/mol. The smallest absolute Gasteiger partial charge is 0.341 e. The summed E-state index contributed by atoms with van der Waals surface area (Å²) in [5.74, 6) is -0.398. The second-order valence-electron chi connectivity index (χ2n) is 5.89. The van der Waals surface area contributed by atoms with Gasteiger partial charge in [-0.1, -0.05) is 40.2 Å². The van der Waals surface area contributed by atoms with Crippen LogP contribution in [-0.4, -0.2) is 26.1 Å². The van der Waals surface area contributed by atoms with Gasteiger partial charge in [0.25, 0.3) is 5.91 Å². The molecule has 0 unspecified atom stereocenters. The maximum absolute atomic E-state index is 12.8. The Labute approximate surface area is 175 Å². The van der Waals surface area contributed by atoms with Crippen molar-refractivity contribution in [2.24, 2.45) is 0 Å². The first-order chi connectivity index (χ1) is 13.5. The summed E-state index contributed by atoms with van der Waals surface area (Å²) in [6.45, 7) is 1.91. The molecule has 0 spiro atoms. The predicted octanol–water partition coefficient (Wildman–Crippen LogP) is 5.53. The Bertz CT molecular complexity index is 1030. The van der Waals surface area contributed by atoms with Crippen LogP contribution in [0.4, 0.5) is 5.00 Å². The van der Waals surface area contributed by atoms with Crippen molar-refractivity contribution in [2.75, 3.05) is 19.5 Å². The summed E-state index contributed by atoms with van der Waals surface area (Å²) in [5.41, 5.74) is 2.35. The topological polar surface area (TPSA) is 64.6 Å². The molecule has 28 heavy (non-hydrogen) atoms. The van der Waals surface area contributed by atoms with Crippen molar-refractivity contribution >= 4 is 44.1 Å². The van der Waals surface area contributed by atoms with Crippen molar-refractivity contribution in [1.82, 2.24) is 0 Å². The van der Waals surface area contributed by atoms with Gasteiger partial charge >= 0.3 is 5.97 Å². The van der Waals surface area contributed by atoms with E-state index in [-0.39, 0.29) is 5.91 Å². The van der Waals surface area contributed by atoms with Gasteiger partial charge in [-0.15, -0.1) is 11.3 Å². The van der Waals surface area contributed by atoms with E-state index in [1.54, 1.807) is 24.3 Å². The molecule has 5 nitrogen and oxygen atoms in total. The number of anilines is 1. The van der Waals surface area contributed by atoms with E-state index in [1.807, 2.05) is 31.2 Å². The lowest BCUT2D eigenvalue weighted by Crippen LogP contribution is -2.15. The molecule has 2 aromatic carbocycles. The van der Waals surface area contributed by atoms with E-state index in [2.05, 4.69) is 21.2 Å². The quantitative estimate of drug-likeness (QED) is 0.509. The molecule has 0 aliphatic carbocycles. The van der Waals surface area contributed by atoms with E-state index in [0.29, 0.717) is 21.9 Å². The molecule has 0 radical (unpaired) electrons. The third kappa shape index (κ3) is 3.95. The number of methoxy groups -OCH3 is 2. The normalized spacial score (nSPS) is 10.4. The molecule has 1 aromatic heterocycles. The number of ether oxygens (including phenoxy) is 2. The number of aryl methyl sites for hydroxylation is 1. The zero-order valence-electron chi connectivity index (χ0n) is 15.5. The molecule has 0 bridgehead atoms. The first-order valence-corrected chi connectivity index (χ1v) is 9.99. The zero-order valence-corrected chi connectivity index (χ0v) is 17.9. The molecule has 1 N–H and O–H groups in total. The minimum Gasteiger partial charge on any atom is -0.496 e. The van der Waals surface area contributed by atoms with Crippen molar-refractivity contribution < 1.29 is 19.1 Å². The average molecular weight is 460 g/mol. The van der Waals surface area contributed by atoms with Gasteiger partial charge in [0.2, 0.25) is 0 Å². The molecule has 144 valence electrons. The number of amides is 1. The fourth-order valence-electron chi connectivity index (χ4n) is 2.90. The number of hydrogen-bond acceptors (Lipinski definition) is 5. The van der Waals surface area contributed by atoms with Crippen LogP contribution in [-0.2, 0) is 4.74 Å². The second-order valence-corrected chi connectivity index (χ2v) is 8.03. The lowest BCUT2D eigenvalue weighted by Gasteiger charge is -2.10. The standard InChI is InChI=1S/C21H18BrNO4S/c1-12-17(13-8-10-14(22)11-9-13)18(21(25)27-3)20(28-12)23-19(24)15-6-4-5-7-16(15)26-2/h4-11H,1-3H3,(H,23,24). The highest BCUT2D eigenvalue weighted by Gasteiger charge is 2.26. The molecule has 7 heteroatoms. The summed E-state index contributed by atoms with van der Waals surface area (Å²) in [6, 6.07) is 14.6.